The number of carbonyl (C=O) groups is 1. The highest BCUT2D eigenvalue weighted by molar-refractivity contribution is 5.90. The Hall–Kier alpha value is -1.75. The molecular weight excluding hydrogens is 278 g/mol. The molecule has 0 spiro atoms. The number of urea groups is 1. The number of carbonyl (C=O) groups excluding carboxylic acids is 1. The maximum Gasteiger partial charge on any atom is 0.322 e. The average molecular weight is 305 g/mol. The number of hydrogen-bond acceptors (Lipinski definition) is 3. The Labute approximate surface area is 132 Å². The van der Waals surface area contributed by atoms with Crippen LogP contribution in [0, 0.1) is 0 Å². The molecule has 1 fully saturated rings. The second-order valence-electron chi connectivity index (χ2n) is 6.07. The standard InChI is InChI=1S/C17H27N3O2/c1-4-19(3)15-8-5-7-14(12-15)18-17(22)20-10-6-9-16(20)11-13(2)21/h5,7-8,12-13,16,21H,4,6,9-11H2,1-3H3,(H,18,22). The van der Waals surface area contributed by atoms with Crippen molar-refractivity contribution >= 4 is 17.4 Å². The molecule has 0 bridgehead atoms. The molecule has 2 atom stereocenters. The molecule has 1 aromatic carbocycles. The quantitative estimate of drug-likeness (QED) is 0.879. The van der Waals surface area contributed by atoms with Crippen molar-refractivity contribution in [3.8, 4) is 0 Å². The molecule has 1 saturated heterocycles. The summed E-state index contributed by atoms with van der Waals surface area (Å²) in [6, 6.07) is 7.95. The number of nitrogens with zero attached hydrogens (tertiary/aromatic N) is 2. The average Bonchev–Trinajstić information content (AvgIpc) is 2.94. The molecule has 5 nitrogen and oxygen atoms in total. The third-order valence-electron chi connectivity index (χ3n) is 4.26. The van der Waals surface area contributed by atoms with Gasteiger partial charge in [0.2, 0.25) is 0 Å². The van der Waals surface area contributed by atoms with Gasteiger partial charge in [-0.2, -0.15) is 0 Å². The molecular formula is C17H27N3O2. The summed E-state index contributed by atoms with van der Waals surface area (Å²) in [6.45, 7) is 5.55. The predicted octanol–water partition coefficient (Wildman–Crippen LogP) is 2.91. The van der Waals surface area contributed by atoms with E-state index < -0.39 is 0 Å². The lowest BCUT2D eigenvalue weighted by Crippen LogP contribution is -2.40. The van der Waals surface area contributed by atoms with Gasteiger partial charge in [0.1, 0.15) is 0 Å². The first-order chi connectivity index (χ1) is 10.5. The maximum absolute atomic E-state index is 12.5. The van der Waals surface area contributed by atoms with Crippen molar-refractivity contribution in [1.82, 2.24) is 4.90 Å². The third kappa shape index (κ3) is 4.13. The van der Waals surface area contributed by atoms with Crippen molar-refractivity contribution in [2.24, 2.45) is 0 Å². The van der Waals surface area contributed by atoms with E-state index in [9.17, 15) is 9.90 Å². The summed E-state index contributed by atoms with van der Waals surface area (Å²) in [5.41, 5.74) is 1.90. The fourth-order valence-corrected chi connectivity index (χ4v) is 2.94. The number of rotatable bonds is 5. The van der Waals surface area contributed by atoms with Crippen LogP contribution in [0.15, 0.2) is 24.3 Å². The summed E-state index contributed by atoms with van der Waals surface area (Å²) < 4.78 is 0. The van der Waals surface area contributed by atoms with E-state index in [2.05, 4.69) is 17.1 Å². The summed E-state index contributed by atoms with van der Waals surface area (Å²) in [5, 5.41) is 12.5. The SMILES string of the molecule is CCN(C)c1cccc(NC(=O)N2CCCC2CC(C)O)c1. The van der Waals surface area contributed by atoms with E-state index in [0.717, 1.165) is 37.3 Å². The monoisotopic (exact) mass is 305 g/mol. The summed E-state index contributed by atoms with van der Waals surface area (Å²) >= 11 is 0. The van der Waals surface area contributed by atoms with E-state index in [-0.39, 0.29) is 18.2 Å². The maximum atomic E-state index is 12.5. The molecule has 2 rings (SSSR count). The Kier molecular flexibility index (Phi) is 5.66. The van der Waals surface area contributed by atoms with E-state index in [1.165, 1.54) is 0 Å². The molecule has 1 aliphatic rings. The van der Waals surface area contributed by atoms with Crippen molar-refractivity contribution in [2.45, 2.75) is 45.3 Å². The topological polar surface area (TPSA) is 55.8 Å². The van der Waals surface area contributed by atoms with Gasteiger partial charge in [0, 0.05) is 37.6 Å². The van der Waals surface area contributed by atoms with E-state index in [1.807, 2.05) is 36.2 Å². The molecule has 0 aromatic heterocycles. The van der Waals surface area contributed by atoms with E-state index in [0.29, 0.717) is 6.42 Å². The van der Waals surface area contributed by atoms with Gasteiger partial charge in [0.15, 0.2) is 0 Å². The molecule has 22 heavy (non-hydrogen) atoms. The predicted molar refractivity (Wildman–Crippen MR) is 90.4 cm³/mol. The van der Waals surface area contributed by atoms with Gasteiger partial charge in [-0.1, -0.05) is 6.07 Å². The molecule has 2 N–H and O–H groups in total. The Morgan fingerprint density at radius 3 is 3.00 bits per heavy atom. The molecule has 5 heteroatoms. The lowest BCUT2D eigenvalue weighted by atomic mass is 10.1. The van der Waals surface area contributed by atoms with Gasteiger partial charge in [-0.25, -0.2) is 4.79 Å². The fourth-order valence-electron chi connectivity index (χ4n) is 2.94. The first-order valence-electron chi connectivity index (χ1n) is 8.08. The zero-order chi connectivity index (χ0) is 16.1. The molecule has 0 saturated carbocycles. The highest BCUT2D eigenvalue weighted by Gasteiger charge is 2.29. The normalized spacial score (nSPS) is 19.1. The smallest absolute Gasteiger partial charge is 0.322 e. The number of nitrogens with one attached hydrogen (secondary N) is 1. The highest BCUT2D eigenvalue weighted by Crippen LogP contribution is 2.24. The van der Waals surface area contributed by atoms with Crippen molar-refractivity contribution in [1.29, 1.82) is 0 Å². The number of likely N-dealkylation sites (tertiary alicyclic amines) is 1. The van der Waals surface area contributed by atoms with Gasteiger partial charge < -0.3 is 20.2 Å². The number of benzene rings is 1. The molecule has 1 aromatic rings. The highest BCUT2D eigenvalue weighted by atomic mass is 16.3. The van der Waals surface area contributed by atoms with Gasteiger partial charge >= 0.3 is 6.03 Å². The summed E-state index contributed by atoms with van der Waals surface area (Å²) in [7, 11) is 2.03. The van der Waals surface area contributed by atoms with Gasteiger partial charge in [0.05, 0.1) is 6.10 Å². The van der Waals surface area contributed by atoms with Crippen LogP contribution in [0.25, 0.3) is 0 Å². The van der Waals surface area contributed by atoms with Crippen LogP contribution < -0.4 is 10.2 Å². The minimum atomic E-state index is -0.375. The summed E-state index contributed by atoms with van der Waals surface area (Å²) in [5.74, 6) is 0. The van der Waals surface area contributed by atoms with Crippen LogP contribution in [0.2, 0.25) is 0 Å². The molecule has 0 radical (unpaired) electrons. The number of hydrogen-bond donors (Lipinski definition) is 2. The van der Waals surface area contributed by atoms with Crippen LogP contribution in [-0.4, -0.2) is 48.3 Å². The lowest BCUT2D eigenvalue weighted by Gasteiger charge is -2.26. The van der Waals surface area contributed by atoms with Crippen molar-refractivity contribution in [2.75, 3.05) is 30.4 Å². The van der Waals surface area contributed by atoms with Crippen molar-refractivity contribution in [3.05, 3.63) is 24.3 Å². The van der Waals surface area contributed by atoms with Crippen LogP contribution in [0.4, 0.5) is 16.2 Å². The van der Waals surface area contributed by atoms with Crippen LogP contribution in [0.5, 0.6) is 0 Å². The summed E-state index contributed by atoms with van der Waals surface area (Å²) in [6.07, 6.45) is 2.24. The molecule has 122 valence electrons. The second-order valence-corrected chi connectivity index (χ2v) is 6.07. The first-order valence-corrected chi connectivity index (χ1v) is 8.08. The zero-order valence-electron chi connectivity index (χ0n) is 13.7. The zero-order valence-corrected chi connectivity index (χ0v) is 13.7. The largest absolute Gasteiger partial charge is 0.393 e. The van der Waals surface area contributed by atoms with Gasteiger partial charge in [-0.3, -0.25) is 0 Å². The van der Waals surface area contributed by atoms with Crippen molar-refractivity contribution in [3.63, 3.8) is 0 Å². The van der Waals surface area contributed by atoms with Gasteiger partial charge in [-0.05, 0) is 51.3 Å². The second kappa shape index (κ2) is 7.49. The van der Waals surface area contributed by atoms with Gasteiger partial charge in [0.25, 0.3) is 0 Å². The Balaban J connectivity index is 2.02. The number of amides is 2. The van der Waals surface area contributed by atoms with E-state index >= 15 is 0 Å². The van der Waals surface area contributed by atoms with E-state index in [4.69, 9.17) is 0 Å². The molecule has 1 aliphatic heterocycles. The van der Waals surface area contributed by atoms with Gasteiger partial charge in [-0.15, -0.1) is 0 Å². The first kappa shape index (κ1) is 16.6. The fraction of sp³-hybridized carbons (Fsp3) is 0.588. The number of aliphatic hydroxyl groups is 1. The van der Waals surface area contributed by atoms with Crippen LogP contribution in [-0.2, 0) is 0 Å². The number of anilines is 2. The van der Waals surface area contributed by atoms with Crippen LogP contribution in [0.3, 0.4) is 0 Å². The Morgan fingerprint density at radius 1 is 1.55 bits per heavy atom. The van der Waals surface area contributed by atoms with Crippen molar-refractivity contribution < 1.29 is 9.90 Å². The summed E-state index contributed by atoms with van der Waals surface area (Å²) in [4.78, 5) is 16.5. The number of aliphatic hydroxyl groups excluding tert-OH is 1. The van der Waals surface area contributed by atoms with Crippen LogP contribution >= 0.6 is 0 Å². The molecule has 1 heterocycles. The van der Waals surface area contributed by atoms with E-state index in [1.54, 1.807) is 6.92 Å². The Morgan fingerprint density at radius 2 is 2.32 bits per heavy atom. The minimum absolute atomic E-state index is 0.0700. The third-order valence-corrected chi connectivity index (χ3v) is 4.26. The Bertz CT molecular complexity index is 504. The van der Waals surface area contributed by atoms with Crippen LogP contribution in [0.1, 0.15) is 33.1 Å². The lowest BCUT2D eigenvalue weighted by molar-refractivity contribution is 0.142. The molecule has 2 amide bonds. The molecule has 2 unspecified atom stereocenters. The minimum Gasteiger partial charge on any atom is -0.393 e. The molecule has 0 aliphatic carbocycles.